The number of nitrogens with two attached hydrogens (primary N) is 1. The predicted molar refractivity (Wildman–Crippen MR) is 121 cm³/mol. The normalized spacial score (nSPS) is 15.5. The Morgan fingerprint density at radius 2 is 1.73 bits per heavy atom. The number of piperazine rings is 1. The second-order valence-corrected chi connectivity index (χ2v) is 7.87. The van der Waals surface area contributed by atoms with Gasteiger partial charge in [-0.3, -0.25) is 9.69 Å². The smallest absolute Gasteiger partial charge is 0.249 e. The number of nitrogens with zero attached hydrogens (tertiary/aromatic N) is 2. The Balaban J connectivity index is 1.33. The molecule has 2 aromatic carbocycles. The van der Waals surface area contributed by atoms with E-state index in [-0.39, 0.29) is 0 Å². The van der Waals surface area contributed by atoms with E-state index in [1.807, 2.05) is 42.5 Å². The minimum absolute atomic E-state index is 0.415. The molecule has 0 bridgehead atoms. The van der Waals surface area contributed by atoms with Gasteiger partial charge in [-0.2, -0.15) is 0 Å². The number of benzene rings is 2. The summed E-state index contributed by atoms with van der Waals surface area (Å²) in [6.07, 6.45) is 1.23. The number of rotatable bonds is 8. The highest BCUT2D eigenvalue weighted by Gasteiger charge is 2.15. The predicted octanol–water partition coefficient (Wildman–Crippen LogP) is 3.34. The number of ether oxygens (including phenoxy) is 1. The van der Waals surface area contributed by atoms with Crippen LogP contribution in [0.4, 0.5) is 0 Å². The van der Waals surface area contributed by atoms with E-state index in [1.165, 1.54) is 13.0 Å². The zero-order valence-corrected chi connectivity index (χ0v) is 17.6. The van der Waals surface area contributed by atoms with Crippen LogP contribution in [0.5, 0.6) is 5.75 Å². The lowest BCUT2D eigenvalue weighted by atomic mass is 10.1. The summed E-state index contributed by atoms with van der Waals surface area (Å²) in [5, 5.41) is 0.847. The molecule has 1 amide bonds. The third kappa shape index (κ3) is 4.66. The summed E-state index contributed by atoms with van der Waals surface area (Å²) >= 11 is 0. The third-order valence-electron chi connectivity index (χ3n) is 5.78. The maximum absolute atomic E-state index is 11.7. The number of H-pyrrole nitrogens is 1. The number of fused-ring (bicyclic) bond motifs is 1. The second kappa shape index (κ2) is 9.32. The maximum atomic E-state index is 11.7. The minimum Gasteiger partial charge on any atom is -0.492 e. The van der Waals surface area contributed by atoms with Crippen LogP contribution in [0.1, 0.15) is 23.7 Å². The molecule has 1 aliphatic rings. The van der Waals surface area contributed by atoms with E-state index in [2.05, 4.69) is 21.7 Å². The van der Waals surface area contributed by atoms with E-state index in [0.717, 1.165) is 60.6 Å². The van der Waals surface area contributed by atoms with Crippen LogP contribution in [0.15, 0.2) is 48.5 Å². The Kier molecular flexibility index (Phi) is 6.35. The molecule has 4 rings (SSSR count). The first-order valence-corrected chi connectivity index (χ1v) is 10.7. The summed E-state index contributed by atoms with van der Waals surface area (Å²) in [5.41, 5.74) is 8.93. The maximum Gasteiger partial charge on any atom is 0.249 e. The van der Waals surface area contributed by atoms with E-state index in [0.29, 0.717) is 12.2 Å². The average Bonchev–Trinajstić information content (AvgIpc) is 3.20. The van der Waals surface area contributed by atoms with Crippen LogP contribution >= 0.6 is 0 Å². The molecule has 1 aliphatic heterocycles. The van der Waals surface area contributed by atoms with Gasteiger partial charge in [0.2, 0.25) is 5.91 Å². The van der Waals surface area contributed by atoms with Crippen LogP contribution in [-0.4, -0.2) is 66.6 Å². The number of hydrogen-bond donors (Lipinski definition) is 2. The van der Waals surface area contributed by atoms with Crippen LogP contribution < -0.4 is 10.5 Å². The highest BCUT2D eigenvalue weighted by molar-refractivity contribution is 6.06. The topological polar surface area (TPSA) is 74.6 Å². The molecule has 0 atom stereocenters. The van der Waals surface area contributed by atoms with Gasteiger partial charge in [-0.05, 0) is 61.0 Å². The van der Waals surface area contributed by atoms with Gasteiger partial charge >= 0.3 is 0 Å². The number of nitrogens with one attached hydrogen (secondary N) is 1. The molecule has 2 heterocycles. The van der Waals surface area contributed by atoms with Crippen LogP contribution in [0.3, 0.4) is 0 Å². The summed E-state index contributed by atoms with van der Waals surface area (Å²) in [6.45, 7) is 9.65. The van der Waals surface area contributed by atoms with E-state index in [4.69, 9.17) is 10.5 Å². The molecule has 30 heavy (non-hydrogen) atoms. The van der Waals surface area contributed by atoms with Gasteiger partial charge in [0, 0.05) is 54.9 Å². The van der Waals surface area contributed by atoms with Crippen molar-refractivity contribution in [3.8, 4) is 17.0 Å². The fourth-order valence-electron chi connectivity index (χ4n) is 4.10. The second-order valence-electron chi connectivity index (χ2n) is 7.87. The van der Waals surface area contributed by atoms with Gasteiger partial charge in [0.25, 0.3) is 0 Å². The SMILES string of the molecule is CCCN1CCN(CCOc2ccc(-c3cc4c(C(N)=O)cccc4[nH]3)cc2)CC1. The van der Waals surface area contributed by atoms with Crippen molar-refractivity contribution in [2.45, 2.75) is 13.3 Å². The lowest BCUT2D eigenvalue weighted by Crippen LogP contribution is -2.47. The van der Waals surface area contributed by atoms with Crippen molar-refractivity contribution in [2.75, 3.05) is 45.9 Å². The number of aromatic amines is 1. The summed E-state index contributed by atoms with van der Waals surface area (Å²) in [6, 6.07) is 15.6. The molecule has 0 aliphatic carbocycles. The molecular formula is C24H30N4O2. The van der Waals surface area contributed by atoms with Crippen molar-refractivity contribution >= 4 is 16.8 Å². The number of carbonyl (C=O) groups is 1. The molecule has 3 N–H and O–H groups in total. The van der Waals surface area contributed by atoms with Crippen LogP contribution in [0.2, 0.25) is 0 Å². The Morgan fingerprint density at radius 3 is 2.40 bits per heavy atom. The summed E-state index contributed by atoms with van der Waals surface area (Å²) < 4.78 is 5.96. The first-order chi connectivity index (χ1) is 14.6. The Morgan fingerprint density at radius 1 is 1.03 bits per heavy atom. The van der Waals surface area contributed by atoms with E-state index >= 15 is 0 Å². The Labute approximate surface area is 177 Å². The van der Waals surface area contributed by atoms with Crippen molar-refractivity contribution in [3.63, 3.8) is 0 Å². The molecule has 1 aromatic heterocycles. The molecule has 6 heteroatoms. The van der Waals surface area contributed by atoms with Crippen LogP contribution in [0, 0.1) is 0 Å². The summed E-state index contributed by atoms with van der Waals surface area (Å²) in [5.74, 6) is 0.457. The number of amides is 1. The average molecular weight is 407 g/mol. The lowest BCUT2D eigenvalue weighted by Gasteiger charge is -2.34. The standard InChI is InChI=1S/C24H30N4O2/c1-2-10-27-11-13-28(14-12-27)15-16-30-19-8-6-18(7-9-19)23-17-21-20(24(25)29)4-3-5-22(21)26-23/h3-9,17,26H,2,10-16H2,1H3,(H2,25,29). The van der Waals surface area contributed by atoms with E-state index in [1.54, 1.807) is 6.07 Å². The van der Waals surface area contributed by atoms with Gasteiger partial charge in [0.15, 0.2) is 0 Å². The first-order valence-electron chi connectivity index (χ1n) is 10.7. The molecule has 0 radical (unpaired) electrons. The molecule has 3 aromatic rings. The van der Waals surface area contributed by atoms with Gasteiger partial charge in [0.05, 0.1) is 0 Å². The fraction of sp³-hybridized carbons (Fsp3) is 0.375. The zero-order chi connectivity index (χ0) is 20.9. The summed E-state index contributed by atoms with van der Waals surface area (Å²) in [4.78, 5) is 20.0. The summed E-state index contributed by atoms with van der Waals surface area (Å²) in [7, 11) is 0. The molecular weight excluding hydrogens is 376 g/mol. The molecule has 1 fully saturated rings. The monoisotopic (exact) mass is 406 g/mol. The van der Waals surface area contributed by atoms with Crippen molar-refractivity contribution in [3.05, 3.63) is 54.1 Å². The van der Waals surface area contributed by atoms with Crippen molar-refractivity contribution in [2.24, 2.45) is 5.73 Å². The van der Waals surface area contributed by atoms with Crippen molar-refractivity contribution in [1.82, 2.24) is 14.8 Å². The van der Waals surface area contributed by atoms with Crippen LogP contribution in [-0.2, 0) is 0 Å². The number of carbonyl (C=O) groups excluding carboxylic acids is 1. The molecule has 158 valence electrons. The van der Waals surface area contributed by atoms with Gasteiger partial charge in [0.1, 0.15) is 12.4 Å². The number of primary amides is 1. The van der Waals surface area contributed by atoms with Crippen molar-refractivity contribution < 1.29 is 9.53 Å². The quantitative estimate of drug-likeness (QED) is 0.602. The zero-order valence-electron chi connectivity index (χ0n) is 17.6. The first kappa shape index (κ1) is 20.4. The fourth-order valence-corrected chi connectivity index (χ4v) is 4.10. The van der Waals surface area contributed by atoms with Gasteiger partial charge in [-0.15, -0.1) is 0 Å². The molecule has 0 unspecified atom stereocenters. The van der Waals surface area contributed by atoms with Gasteiger partial charge in [-0.25, -0.2) is 0 Å². The lowest BCUT2D eigenvalue weighted by molar-refractivity contribution is 0.100. The minimum atomic E-state index is -0.415. The highest BCUT2D eigenvalue weighted by Crippen LogP contribution is 2.27. The molecule has 0 spiro atoms. The van der Waals surface area contributed by atoms with E-state index < -0.39 is 5.91 Å². The highest BCUT2D eigenvalue weighted by atomic mass is 16.5. The van der Waals surface area contributed by atoms with Crippen LogP contribution in [0.25, 0.3) is 22.2 Å². The van der Waals surface area contributed by atoms with Gasteiger partial charge in [-0.1, -0.05) is 13.0 Å². The Hall–Kier alpha value is -2.83. The van der Waals surface area contributed by atoms with Crippen molar-refractivity contribution in [1.29, 1.82) is 0 Å². The van der Waals surface area contributed by atoms with E-state index in [9.17, 15) is 4.79 Å². The Bertz CT molecular complexity index is 988. The largest absolute Gasteiger partial charge is 0.492 e. The molecule has 6 nitrogen and oxygen atoms in total. The third-order valence-corrected chi connectivity index (χ3v) is 5.78. The van der Waals surface area contributed by atoms with Gasteiger partial charge < -0.3 is 20.4 Å². The molecule has 1 saturated heterocycles. The number of aromatic nitrogens is 1. The molecule has 0 saturated carbocycles. The number of hydrogen-bond acceptors (Lipinski definition) is 4.